The van der Waals surface area contributed by atoms with E-state index in [-0.39, 0.29) is 35.5 Å². The number of hydrogen-bond acceptors (Lipinski definition) is 4. The molecule has 0 amide bonds. The van der Waals surface area contributed by atoms with E-state index in [1.54, 1.807) is 6.92 Å². The van der Waals surface area contributed by atoms with Crippen LogP contribution in [0.15, 0.2) is 18.2 Å². The molecule has 0 saturated carbocycles. The number of carbonyl (C=O) groups excluding carboxylic acids is 2. The average Bonchev–Trinajstić information content (AvgIpc) is 2.38. The maximum absolute atomic E-state index is 12.4. The van der Waals surface area contributed by atoms with E-state index < -0.39 is 12.6 Å². The predicted molar refractivity (Wildman–Crippen MR) is 71.5 cm³/mol. The molecular weight excluding hydrogens is 338 g/mol. The number of alkyl halides is 3. The molecule has 1 aromatic rings. The van der Waals surface area contributed by atoms with Gasteiger partial charge in [-0.3, -0.25) is 4.79 Å². The van der Waals surface area contributed by atoms with Crippen molar-refractivity contribution in [2.75, 3.05) is 11.9 Å². The molecule has 0 bridgehead atoms. The first-order valence-electron chi connectivity index (χ1n) is 5.81. The van der Waals surface area contributed by atoms with Crippen LogP contribution in [-0.4, -0.2) is 30.3 Å². The summed E-state index contributed by atoms with van der Waals surface area (Å²) in [4.78, 5) is 23.3. The predicted octanol–water partition coefficient (Wildman–Crippen LogP) is 2.97. The van der Waals surface area contributed by atoms with Gasteiger partial charge in [-0.1, -0.05) is 28.1 Å². The van der Waals surface area contributed by atoms with E-state index >= 15 is 0 Å². The second-order valence-corrected chi connectivity index (χ2v) is 4.30. The second kappa shape index (κ2) is 7.94. The van der Waals surface area contributed by atoms with Gasteiger partial charge >= 0.3 is 12.6 Å². The van der Waals surface area contributed by atoms with Crippen LogP contribution >= 0.6 is 15.9 Å². The van der Waals surface area contributed by atoms with Crippen LogP contribution in [0.5, 0.6) is 5.75 Å². The van der Waals surface area contributed by atoms with Crippen LogP contribution in [0.1, 0.15) is 22.8 Å². The summed E-state index contributed by atoms with van der Waals surface area (Å²) in [6, 6.07) is 4.18. The molecule has 7 heteroatoms. The molecule has 0 aliphatic heterocycles. The van der Waals surface area contributed by atoms with E-state index in [1.165, 1.54) is 18.2 Å². The van der Waals surface area contributed by atoms with Crippen LogP contribution < -0.4 is 4.74 Å². The molecule has 0 atom stereocenters. The van der Waals surface area contributed by atoms with Gasteiger partial charge in [-0.25, -0.2) is 4.79 Å². The van der Waals surface area contributed by atoms with Crippen molar-refractivity contribution in [2.45, 2.75) is 20.0 Å². The third kappa shape index (κ3) is 4.56. The van der Waals surface area contributed by atoms with Crippen molar-refractivity contribution in [2.24, 2.45) is 0 Å². The minimum absolute atomic E-state index is 0.0696. The molecule has 0 fully saturated rings. The number of esters is 1. The summed E-state index contributed by atoms with van der Waals surface area (Å²) >= 11 is 3.01. The Labute approximate surface area is 123 Å². The second-order valence-electron chi connectivity index (χ2n) is 3.74. The normalized spacial score (nSPS) is 10.4. The van der Waals surface area contributed by atoms with Crippen LogP contribution in [0.2, 0.25) is 0 Å². The topological polar surface area (TPSA) is 52.6 Å². The Balaban J connectivity index is 3.20. The summed E-state index contributed by atoms with van der Waals surface area (Å²) in [6.07, 6.45) is -0.0696. The Hall–Kier alpha value is -1.50. The Morgan fingerprint density at radius 2 is 2.05 bits per heavy atom. The number of Topliss-reactive ketones (excluding diaryl/α,β-unsaturated/α-hetero) is 1. The van der Waals surface area contributed by atoms with Gasteiger partial charge in [-0.2, -0.15) is 8.78 Å². The highest BCUT2D eigenvalue weighted by Crippen LogP contribution is 2.26. The molecule has 4 nitrogen and oxygen atoms in total. The standard InChI is InChI=1S/C13H13BrF2O4/c1-2-19-12(18)11-8(6-9(17)7-14)4-3-5-10(11)20-13(15)16/h3-5,13H,2,6-7H2,1H3. The fraction of sp³-hybridized carbons (Fsp3) is 0.385. The van der Waals surface area contributed by atoms with Crippen molar-refractivity contribution < 1.29 is 27.8 Å². The lowest BCUT2D eigenvalue weighted by molar-refractivity contribution is -0.115. The molecule has 0 radical (unpaired) electrons. The van der Waals surface area contributed by atoms with E-state index in [1.807, 2.05) is 0 Å². The van der Waals surface area contributed by atoms with Crippen LogP contribution in [0.3, 0.4) is 0 Å². The zero-order chi connectivity index (χ0) is 15.1. The summed E-state index contributed by atoms with van der Waals surface area (Å²) in [5.74, 6) is -1.27. The van der Waals surface area contributed by atoms with Crippen LogP contribution in [0.4, 0.5) is 8.78 Å². The third-order valence-corrected chi connectivity index (χ3v) is 2.97. The van der Waals surface area contributed by atoms with E-state index in [4.69, 9.17) is 4.74 Å². The fourth-order valence-electron chi connectivity index (χ4n) is 1.61. The van der Waals surface area contributed by atoms with E-state index in [0.29, 0.717) is 5.56 Å². The molecule has 0 unspecified atom stereocenters. The van der Waals surface area contributed by atoms with Crippen molar-refractivity contribution in [1.82, 2.24) is 0 Å². The highest BCUT2D eigenvalue weighted by Gasteiger charge is 2.22. The highest BCUT2D eigenvalue weighted by atomic mass is 79.9. The van der Waals surface area contributed by atoms with Gasteiger partial charge in [0.1, 0.15) is 17.1 Å². The lowest BCUT2D eigenvalue weighted by atomic mass is 10.0. The molecule has 0 aliphatic carbocycles. The highest BCUT2D eigenvalue weighted by molar-refractivity contribution is 9.09. The van der Waals surface area contributed by atoms with Gasteiger partial charge in [0, 0.05) is 6.42 Å². The number of halogens is 3. The molecule has 0 spiro atoms. The summed E-state index contributed by atoms with van der Waals surface area (Å²) in [5.41, 5.74) is 0.162. The fourth-order valence-corrected chi connectivity index (χ4v) is 1.81. The lowest BCUT2D eigenvalue weighted by Crippen LogP contribution is -2.15. The maximum Gasteiger partial charge on any atom is 0.387 e. The van der Waals surface area contributed by atoms with Gasteiger partial charge in [-0.15, -0.1) is 0 Å². The first-order valence-corrected chi connectivity index (χ1v) is 6.93. The average molecular weight is 351 g/mol. The number of carbonyl (C=O) groups is 2. The minimum Gasteiger partial charge on any atom is -0.462 e. The van der Waals surface area contributed by atoms with Gasteiger partial charge < -0.3 is 9.47 Å². The molecule has 110 valence electrons. The van der Waals surface area contributed by atoms with Crippen LogP contribution in [0, 0.1) is 0 Å². The molecule has 0 heterocycles. The van der Waals surface area contributed by atoms with Crippen molar-refractivity contribution in [1.29, 1.82) is 0 Å². The van der Waals surface area contributed by atoms with Crippen molar-refractivity contribution in [3.05, 3.63) is 29.3 Å². The first kappa shape index (κ1) is 16.6. The smallest absolute Gasteiger partial charge is 0.387 e. The monoisotopic (exact) mass is 350 g/mol. The third-order valence-electron chi connectivity index (χ3n) is 2.34. The van der Waals surface area contributed by atoms with Crippen molar-refractivity contribution >= 4 is 27.7 Å². The van der Waals surface area contributed by atoms with Crippen molar-refractivity contribution in [3.8, 4) is 5.75 Å². The van der Waals surface area contributed by atoms with E-state index in [2.05, 4.69) is 20.7 Å². The lowest BCUT2D eigenvalue weighted by Gasteiger charge is -2.13. The Morgan fingerprint density at radius 1 is 1.35 bits per heavy atom. The molecule has 0 N–H and O–H groups in total. The molecule has 1 aromatic carbocycles. The first-order chi connectivity index (χ1) is 9.49. The van der Waals surface area contributed by atoms with Gasteiger partial charge in [0.2, 0.25) is 0 Å². The van der Waals surface area contributed by atoms with E-state index in [0.717, 1.165) is 0 Å². The number of ketones is 1. The number of ether oxygens (including phenoxy) is 2. The summed E-state index contributed by atoms with van der Waals surface area (Å²) in [5, 5.41) is 0.106. The van der Waals surface area contributed by atoms with Gasteiger partial charge in [0.05, 0.1) is 11.9 Å². The molecule has 20 heavy (non-hydrogen) atoms. The van der Waals surface area contributed by atoms with E-state index in [9.17, 15) is 18.4 Å². The zero-order valence-corrected chi connectivity index (χ0v) is 12.3. The van der Waals surface area contributed by atoms with Gasteiger partial charge in [0.25, 0.3) is 0 Å². The van der Waals surface area contributed by atoms with Crippen LogP contribution in [0.25, 0.3) is 0 Å². The van der Waals surface area contributed by atoms with Crippen LogP contribution in [-0.2, 0) is 16.0 Å². The molecule has 0 aromatic heterocycles. The number of benzene rings is 1. The summed E-state index contributed by atoms with van der Waals surface area (Å²) < 4.78 is 33.9. The largest absolute Gasteiger partial charge is 0.462 e. The number of rotatable bonds is 7. The SMILES string of the molecule is CCOC(=O)c1c(CC(=O)CBr)cccc1OC(F)F. The zero-order valence-electron chi connectivity index (χ0n) is 10.7. The molecular formula is C13H13BrF2O4. The Morgan fingerprint density at radius 3 is 2.60 bits per heavy atom. The molecule has 0 aliphatic rings. The molecule has 0 saturated heterocycles. The van der Waals surface area contributed by atoms with Gasteiger partial charge in [-0.05, 0) is 18.6 Å². The van der Waals surface area contributed by atoms with Crippen molar-refractivity contribution in [3.63, 3.8) is 0 Å². The Bertz CT molecular complexity index is 491. The maximum atomic E-state index is 12.4. The minimum atomic E-state index is -3.06. The summed E-state index contributed by atoms with van der Waals surface area (Å²) in [7, 11) is 0. The number of hydrogen-bond donors (Lipinski definition) is 0. The quantitative estimate of drug-likeness (QED) is 0.560. The summed E-state index contributed by atoms with van der Waals surface area (Å²) in [6.45, 7) is -1.38. The molecule has 1 rings (SSSR count). The van der Waals surface area contributed by atoms with Gasteiger partial charge in [0.15, 0.2) is 0 Å². The Kier molecular flexibility index (Phi) is 6.57.